The van der Waals surface area contributed by atoms with Crippen LogP contribution >= 0.6 is 20.4 Å². The Morgan fingerprint density at radius 1 is 0.562 bits per heavy atom. The summed E-state index contributed by atoms with van der Waals surface area (Å²) in [6.45, 7) is 13.7. The second-order valence-corrected chi connectivity index (χ2v) is 23.8. The summed E-state index contributed by atoms with van der Waals surface area (Å²) in [5, 5.41) is 3.04. The fourth-order valence-corrected chi connectivity index (χ4v) is 20.8. The molecular weight excluding hydrogens is 700 g/mol. The molecule has 0 N–H and O–H groups in total. The molecule has 2 aromatic rings. The Labute approximate surface area is 227 Å². The predicted molar refractivity (Wildman–Crippen MR) is 145 cm³/mol. The molecule has 2 aromatic heterocycles. The van der Waals surface area contributed by atoms with E-state index < -0.39 is 0 Å². The molecule has 1 aliphatic heterocycles. The first-order valence-electron chi connectivity index (χ1n) is 11.9. The first-order valence-corrected chi connectivity index (χ1v) is 23.7. The number of imidazole rings is 2. The van der Waals surface area contributed by atoms with Gasteiger partial charge in [0.05, 0.1) is 0 Å². The monoisotopic (exact) mass is 740 g/mol. The van der Waals surface area contributed by atoms with Crippen LogP contribution in [-0.4, -0.2) is 73.4 Å². The van der Waals surface area contributed by atoms with Gasteiger partial charge in [0.25, 0.3) is 0 Å². The summed E-state index contributed by atoms with van der Waals surface area (Å²) in [6.07, 6.45) is 9.85. The van der Waals surface area contributed by atoms with Crippen LogP contribution in [0.2, 0.25) is 0 Å². The second kappa shape index (κ2) is 14.1. The van der Waals surface area contributed by atoms with Crippen molar-refractivity contribution in [1.29, 1.82) is 0 Å². The zero-order valence-electron chi connectivity index (χ0n) is 19.7. The summed E-state index contributed by atoms with van der Waals surface area (Å²) < 4.78 is 13.1. The van der Waals surface area contributed by atoms with E-state index in [4.69, 9.17) is 0 Å². The van der Waals surface area contributed by atoms with Crippen LogP contribution in [-0.2, 0) is 26.2 Å². The van der Waals surface area contributed by atoms with Crippen LogP contribution in [0.4, 0.5) is 0 Å². The number of unbranched alkanes of at least 4 members (excludes halogenated alkanes) is 4. The van der Waals surface area contributed by atoms with E-state index in [1.807, 2.05) is 0 Å². The zero-order valence-corrected chi connectivity index (χ0v) is 28.2. The van der Waals surface area contributed by atoms with Crippen LogP contribution in [0.5, 0.6) is 0 Å². The van der Waals surface area contributed by atoms with Crippen molar-refractivity contribution in [3.8, 4) is 11.4 Å². The van der Waals surface area contributed by atoms with Crippen LogP contribution in [0.1, 0.15) is 79.1 Å². The molecule has 0 amide bonds. The van der Waals surface area contributed by atoms with Crippen LogP contribution in [0, 0.1) is 8.65 Å². The molecule has 1 aliphatic rings. The number of rotatable bonds is 12. The van der Waals surface area contributed by atoms with E-state index in [-0.39, 0.29) is 0 Å². The molecule has 10 heteroatoms. The Morgan fingerprint density at radius 3 is 1.19 bits per heavy atom. The van der Waals surface area contributed by atoms with Crippen molar-refractivity contribution in [2.45, 2.75) is 115 Å². The molecule has 0 fully saturated rings. The van der Waals surface area contributed by atoms with E-state index in [2.05, 4.69) is 97.5 Å². The first kappa shape index (κ1) is 27.8. The van der Waals surface area contributed by atoms with Gasteiger partial charge in [0.15, 0.2) is 0 Å². The van der Waals surface area contributed by atoms with Gasteiger partial charge in [-0.05, 0) is 0 Å². The molecule has 3 rings (SSSR count). The van der Waals surface area contributed by atoms with E-state index in [9.17, 15) is 0 Å². The molecule has 0 saturated carbocycles. The molecule has 0 radical (unpaired) electrons. The Kier molecular flexibility index (Phi) is 12.2. The fraction of sp³-hybridized carbons (Fsp3) is 0.727. The first-order chi connectivity index (χ1) is 15.6. The Morgan fingerprint density at radius 2 is 0.875 bits per heavy atom. The average Bonchev–Trinajstić information content (AvgIpc) is 3.18. The zero-order chi connectivity index (χ0) is 23.1. The summed E-state index contributed by atoms with van der Waals surface area (Å²) in [5.41, 5.74) is 2.96. The van der Waals surface area contributed by atoms with Crippen LogP contribution in [0.25, 0.3) is 11.4 Å². The quantitative estimate of drug-likeness (QED) is 0.268. The topological polar surface area (TPSA) is 19.7 Å². The maximum atomic E-state index is 3.50. The number of nitrogens with zero attached hydrogens (tertiary/aromatic N) is 4. The van der Waals surface area contributed by atoms with Gasteiger partial charge in [-0.25, -0.2) is 0 Å². The molecule has 0 aromatic carbocycles. The van der Waals surface area contributed by atoms with Crippen molar-refractivity contribution < 1.29 is 0 Å². The standard InChI is InChI=1S/C22H36N4S2Se4/c1-5-9-13-23-17-18-20(26(16-12-8-4)22(30)24(18)14-10-6-2)28-32-31-27-19(17)25(21(23)29)15-11-7-3/h5-16H2,1-4H3. The minimum absolute atomic E-state index is 0.604. The Balaban J connectivity index is 2.31. The molecule has 180 valence electrons. The predicted octanol–water partition coefficient (Wildman–Crippen LogP) is 5.51. The Bertz CT molecular complexity index is 925. The second-order valence-electron chi connectivity index (χ2n) is 8.20. The van der Waals surface area contributed by atoms with Crippen molar-refractivity contribution in [2.75, 3.05) is 0 Å². The van der Waals surface area contributed by atoms with Crippen molar-refractivity contribution in [1.82, 2.24) is 18.3 Å². The van der Waals surface area contributed by atoms with E-state index in [0.717, 1.165) is 26.2 Å². The van der Waals surface area contributed by atoms with Crippen LogP contribution in [0.3, 0.4) is 0 Å². The molecule has 0 atom stereocenters. The summed E-state index contributed by atoms with van der Waals surface area (Å²) in [5.74, 6) is 0. The number of hydrogen-bond acceptors (Lipinski definition) is 2. The summed E-state index contributed by atoms with van der Waals surface area (Å²) >= 11 is 8.20. The molecule has 0 saturated heterocycles. The normalized spacial score (nSPS) is 13.6. The molecule has 0 aliphatic carbocycles. The molecule has 0 bridgehead atoms. The van der Waals surface area contributed by atoms with Crippen LogP contribution in [0.15, 0.2) is 10.1 Å². The van der Waals surface area contributed by atoms with Gasteiger partial charge in [-0.1, -0.05) is 0 Å². The van der Waals surface area contributed by atoms with E-state index in [1.54, 1.807) is 0 Å². The SMILES string of the molecule is CCCCn1c2c(n(CCCC)c1=[Se])-c1c(n(CCCC)c(=[Se])n1CCCC)S[Se][Se]S2. The molecule has 32 heavy (non-hydrogen) atoms. The van der Waals surface area contributed by atoms with Crippen molar-refractivity contribution in [2.24, 2.45) is 0 Å². The number of fused-ring (bicyclic) bond motifs is 3. The third kappa shape index (κ3) is 6.12. The van der Waals surface area contributed by atoms with Gasteiger partial charge in [0.2, 0.25) is 0 Å². The molecular formula is C22H36N4S2Se4. The van der Waals surface area contributed by atoms with E-state index >= 15 is 0 Å². The van der Waals surface area contributed by atoms with Gasteiger partial charge in [-0.3, -0.25) is 0 Å². The van der Waals surface area contributed by atoms with Gasteiger partial charge < -0.3 is 0 Å². The van der Waals surface area contributed by atoms with E-state index in [0.29, 0.717) is 24.0 Å². The molecule has 0 unspecified atom stereocenters. The van der Waals surface area contributed by atoms with E-state index in [1.165, 1.54) is 81.5 Å². The molecule has 0 spiro atoms. The third-order valence-electron chi connectivity index (χ3n) is 5.78. The summed E-state index contributed by atoms with van der Waals surface area (Å²) in [7, 11) is 4.31. The number of hydrogen-bond donors (Lipinski definition) is 0. The van der Waals surface area contributed by atoms with Gasteiger partial charge >= 0.3 is 229 Å². The molecule has 4 nitrogen and oxygen atoms in total. The van der Waals surface area contributed by atoms with Gasteiger partial charge in [-0.15, -0.1) is 0 Å². The minimum atomic E-state index is 0.604. The molecule has 3 heterocycles. The van der Waals surface area contributed by atoms with Crippen molar-refractivity contribution >= 4 is 75.5 Å². The fourth-order valence-electron chi connectivity index (χ4n) is 3.94. The number of aromatic nitrogens is 4. The van der Waals surface area contributed by atoms with Crippen molar-refractivity contribution in [3.05, 3.63) is 8.65 Å². The van der Waals surface area contributed by atoms with Crippen LogP contribution < -0.4 is 0 Å². The van der Waals surface area contributed by atoms with Gasteiger partial charge in [0.1, 0.15) is 0 Å². The maximum absolute atomic E-state index is 3.50. The van der Waals surface area contributed by atoms with Crippen molar-refractivity contribution in [3.63, 3.8) is 0 Å². The van der Waals surface area contributed by atoms with Gasteiger partial charge in [-0.2, -0.15) is 0 Å². The average molecular weight is 737 g/mol. The Hall–Kier alpha value is 1.20. The third-order valence-corrected chi connectivity index (χ3v) is 22.9. The van der Waals surface area contributed by atoms with Gasteiger partial charge in [0, 0.05) is 0 Å². The summed E-state index contributed by atoms with van der Waals surface area (Å²) in [6, 6.07) is 0. The summed E-state index contributed by atoms with van der Waals surface area (Å²) in [4.78, 5) is 0.